The van der Waals surface area contributed by atoms with Crippen LogP contribution in [0.2, 0.25) is 0 Å². The first-order valence-corrected chi connectivity index (χ1v) is 12.5. The van der Waals surface area contributed by atoms with Crippen molar-refractivity contribution in [2.24, 2.45) is 0 Å². The summed E-state index contributed by atoms with van der Waals surface area (Å²) in [6, 6.07) is 15.7. The number of carbonyl (C=O) groups excluding carboxylic acids is 1. The molecule has 5 rings (SSSR count). The molecule has 1 saturated carbocycles. The lowest BCUT2D eigenvalue weighted by Gasteiger charge is -2.24. The minimum Gasteiger partial charge on any atom is -0.307 e. The van der Waals surface area contributed by atoms with Gasteiger partial charge in [-0.1, -0.05) is 37.1 Å². The maximum Gasteiger partial charge on any atom is 0.264 e. The van der Waals surface area contributed by atoms with Crippen LogP contribution in [0.3, 0.4) is 0 Å². The predicted molar refractivity (Wildman–Crippen MR) is 123 cm³/mol. The second-order valence-corrected chi connectivity index (χ2v) is 10.4. The van der Waals surface area contributed by atoms with E-state index in [1.54, 1.807) is 30.5 Å². The Balaban J connectivity index is 1.42. The third-order valence-electron chi connectivity index (χ3n) is 6.38. The summed E-state index contributed by atoms with van der Waals surface area (Å²) in [5.41, 5.74) is 2.01. The monoisotopic (exact) mass is 450 g/mol. The van der Waals surface area contributed by atoms with E-state index in [2.05, 4.69) is 10.4 Å². The minimum absolute atomic E-state index is 0.109. The summed E-state index contributed by atoms with van der Waals surface area (Å²) in [4.78, 5) is 13.1. The molecular formula is C24H26N4O3S. The second-order valence-electron chi connectivity index (χ2n) is 8.56. The second kappa shape index (κ2) is 8.09. The van der Waals surface area contributed by atoms with E-state index in [-0.39, 0.29) is 16.8 Å². The Kier molecular flexibility index (Phi) is 5.25. The number of aromatic nitrogens is 2. The van der Waals surface area contributed by atoms with E-state index in [9.17, 15) is 13.2 Å². The van der Waals surface area contributed by atoms with Crippen molar-refractivity contribution >= 4 is 27.4 Å². The average molecular weight is 451 g/mol. The molecule has 2 aliphatic rings. The lowest BCUT2D eigenvalue weighted by Crippen LogP contribution is -2.35. The molecule has 3 aromatic rings. The summed E-state index contributed by atoms with van der Waals surface area (Å²) in [6.45, 7) is 1.90. The highest BCUT2D eigenvalue weighted by Gasteiger charge is 2.36. The predicted octanol–water partition coefficient (Wildman–Crippen LogP) is 4.39. The number of amides is 1. The van der Waals surface area contributed by atoms with Gasteiger partial charge >= 0.3 is 0 Å². The van der Waals surface area contributed by atoms with Crippen molar-refractivity contribution in [3.05, 3.63) is 71.9 Å². The molecule has 0 radical (unpaired) electrons. The molecule has 0 saturated heterocycles. The summed E-state index contributed by atoms with van der Waals surface area (Å²) >= 11 is 0. The van der Waals surface area contributed by atoms with E-state index in [4.69, 9.17) is 0 Å². The van der Waals surface area contributed by atoms with Crippen molar-refractivity contribution in [3.63, 3.8) is 0 Å². The number of nitrogens with one attached hydrogen (secondary N) is 1. The molecule has 1 aromatic heterocycles. The van der Waals surface area contributed by atoms with Crippen LogP contribution >= 0.6 is 0 Å². The molecule has 1 fully saturated rings. The van der Waals surface area contributed by atoms with Crippen LogP contribution in [0.4, 0.5) is 11.5 Å². The quantitative estimate of drug-likeness (QED) is 0.625. The van der Waals surface area contributed by atoms with E-state index in [0.29, 0.717) is 29.5 Å². The van der Waals surface area contributed by atoms with Crippen LogP contribution in [0.15, 0.2) is 65.7 Å². The summed E-state index contributed by atoms with van der Waals surface area (Å²) in [5.74, 6) is 0.286. The normalized spacial score (nSPS) is 18.7. The van der Waals surface area contributed by atoms with Gasteiger partial charge in [0, 0.05) is 17.7 Å². The summed E-state index contributed by atoms with van der Waals surface area (Å²) in [7, 11) is -3.80. The molecule has 1 N–H and O–H groups in total. The zero-order valence-corrected chi connectivity index (χ0v) is 18.8. The summed E-state index contributed by atoms with van der Waals surface area (Å²) in [6.07, 6.45) is 6.77. The molecule has 1 aliphatic carbocycles. The van der Waals surface area contributed by atoms with Crippen LogP contribution < -0.4 is 9.62 Å². The molecular weight excluding hydrogens is 424 g/mol. The maximum atomic E-state index is 13.5. The van der Waals surface area contributed by atoms with E-state index in [1.165, 1.54) is 10.4 Å². The first kappa shape index (κ1) is 20.8. The summed E-state index contributed by atoms with van der Waals surface area (Å²) in [5, 5.41) is 7.29. The van der Waals surface area contributed by atoms with Gasteiger partial charge in [0.15, 0.2) is 0 Å². The standard InChI is InChI=1S/C24H26N4O3S/c1-17-15-18-7-2-5-12-22(18)28(17)32(30,31)21-11-6-8-19(16-21)24(29)26-23-13-14-25-27(23)20-9-3-4-10-20/h2,5-8,11-14,16-17,20H,3-4,9-10,15H2,1H3,(H,26,29). The van der Waals surface area contributed by atoms with Gasteiger partial charge in [-0.25, -0.2) is 13.1 Å². The fraction of sp³-hybridized carbons (Fsp3) is 0.333. The van der Waals surface area contributed by atoms with Crippen molar-refractivity contribution < 1.29 is 13.2 Å². The number of carbonyl (C=O) groups is 1. The molecule has 1 amide bonds. The molecule has 0 bridgehead atoms. The maximum absolute atomic E-state index is 13.5. The Bertz CT molecular complexity index is 1260. The van der Waals surface area contributed by atoms with Crippen molar-refractivity contribution in [1.82, 2.24) is 9.78 Å². The fourth-order valence-electron chi connectivity index (χ4n) is 4.86. The first-order chi connectivity index (χ1) is 15.4. The van der Waals surface area contributed by atoms with E-state index in [1.807, 2.05) is 35.9 Å². The smallest absolute Gasteiger partial charge is 0.264 e. The number of nitrogens with zero attached hydrogens (tertiary/aromatic N) is 3. The van der Waals surface area contributed by atoms with Gasteiger partial charge in [0.2, 0.25) is 0 Å². The number of hydrogen-bond donors (Lipinski definition) is 1. The lowest BCUT2D eigenvalue weighted by atomic mass is 10.1. The SMILES string of the molecule is CC1Cc2ccccc2N1S(=O)(=O)c1cccc(C(=O)Nc2ccnn2C2CCCC2)c1. The van der Waals surface area contributed by atoms with Crippen molar-refractivity contribution in [2.75, 3.05) is 9.62 Å². The van der Waals surface area contributed by atoms with Crippen LogP contribution in [-0.4, -0.2) is 30.1 Å². The number of benzene rings is 2. The summed E-state index contributed by atoms with van der Waals surface area (Å²) < 4.78 is 30.4. The number of fused-ring (bicyclic) bond motifs is 1. The Morgan fingerprint density at radius 1 is 1.06 bits per heavy atom. The number of hydrogen-bond acceptors (Lipinski definition) is 4. The Labute approximate surface area is 188 Å². The van der Waals surface area contributed by atoms with Crippen molar-refractivity contribution in [1.29, 1.82) is 0 Å². The van der Waals surface area contributed by atoms with E-state index < -0.39 is 10.0 Å². The first-order valence-electron chi connectivity index (χ1n) is 11.0. The number of sulfonamides is 1. The minimum atomic E-state index is -3.80. The highest BCUT2D eigenvalue weighted by Crippen LogP contribution is 2.36. The Morgan fingerprint density at radius 2 is 1.84 bits per heavy atom. The Morgan fingerprint density at radius 3 is 2.66 bits per heavy atom. The molecule has 2 aromatic carbocycles. The largest absolute Gasteiger partial charge is 0.307 e. The molecule has 166 valence electrons. The molecule has 1 aliphatic heterocycles. The van der Waals surface area contributed by atoms with Gasteiger partial charge in [0.05, 0.1) is 22.8 Å². The van der Waals surface area contributed by atoms with E-state index in [0.717, 1.165) is 31.2 Å². The number of anilines is 2. The average Bonchev–Trinajstić information content (AvgIpc) is 3.52. The van der Waals surface area contributed by atoms with Gasteiger partial charge in [0.25, 0.3) is 15.9 Å². The van der Waals surface area contributed by atoms with Crippen LogP contribution in [0.25, 0.3) is 0 Å². The van der Waals surface area contributed by atoms with Gasteiger partial charge in [-0.15, -0.1) is 0 Å². The fourth-order valence-corrected chi connectivity index (χ4v) is 6.60. The van der Waals surface area contributed by atoms with Crippen LogP contribution in [0.5, 0.6) is 0 Å². The Hall–Kier alpha value is -3.13. The van der Waals surface area contributed by atoms with Gasteiger partial charge in [-0.3, -0.25) is 9.10 Å². The van der Waals surface area contributed by atoms with Gasteiger partial charge < -0.3 is 5.32 Å². The van der Waals surface area contributed by atoms with E-state index >= 15 is 0 Å². The van der Waals surface area contributed by atoms with Crippen LogP contribution in [0.1, 0.15) is 54.6 Å². The molecule has 1 unspecified atom stereocenters. The molecule has 2 heterocycles. The van der Waals surface area contributed by atoms with Gasteiger partial charge in [0.1, 0.15) is 5.82 Å². The third-order valence-corrected chi connectivity index (χ3v) is 8.30. The highest BCUT2D eigenvalue weighted by atomic mass is 32.2. The highest BCUT2D eigenvalue weighted by molar-refractivity contribution is 7.92. The van der Waals surface area contributed by atoms with Crippen molar-refractivity contribution in [3.8, 4) is 0 Å². The van der Waals surface area contributed by atoms with Gasteiger partial charge in [-0.2, -0.15) is 5.10 Å². The van der Waals surface area contributed by atoms with Gasteiger partial charge in [-0.05, 0) is 56.0 Å². The molecule has 1 atom stereocenters. The topological polar surface area (TPSA) is 84.3 Å². The third kappa shape index (κ3) is 3.58. The molecule has 32 heavy (non-hydrogen) atoms. The zero-order chi connectivity index (χ0) is 22.3. The molecule has 0 spiro atoms. The molecule has 7 nitrogen and oxygen atoms in total. The van der Waals surface area contributed by atoms with Crippen LogP contribution in [0, 0.1) is 0 Å². The lowest BCUT2D eigenvalue weighted by molar-refractivity contribution is 0.102. The molecule has 8 heteroatoms. The van der Waals surface area contributed by atoms with Crippen LogP contribution in [-0.2, 0) is 16.4 Å². The van der Waals surface area contributed by atoms with Crippen molar-refractivity contribution in [2.45, 2.75) is 56.0 Å². The number of rotatable bonds is 5. The zero-order valence-electron chi connectivity index (χ0n) is 17.9. The number of para-hydroxylation sites is 1.